The third-order valence-corrected chi connectivity index (χ3v) is 5.04. The molecule has 0 radical (unpaired) electrons. The molecule has 3 rings (SSSR count). The Labute approximate surface area is 160 Å². The molecule has 1 saturated heterocycles. The highest BCUT2D eigenvalue weighted by Crippen LogP contribution is 2.17. The zero-order valence-corrected chi connectivity index (χ0v) is 16.5. The molecule has 1 aromatic heterocycles. The fraction of sp³-hybridized carbons (Fsp3) is 0.600. The lowest BCUT2D eigenvalue weighted by atomic mass is 10.1. The summed E-state index contributed by atoms with van der Waals surface area (Å²) in [6, 6.07) is 6.39. The third-order valence-electron chi connectivity index (χ3n) is 5.04. The van der Waals surface area contributed by atoms with E-state index in [0.29, 0.717) is 24.9 Å². The molecule has 7 heteroatoms. The van der Waals surface area contributed by atoms with Crippen LogP contribution in [0.4, 0.5) is 0 Å². The van der Waals surface area contributed by atoms with Gasteiger partial charge in [0.05, 0.1) is 13.2 Å². The summed E-state index contributed by atoms with van der Waals surface area (Å²) in [4.78, 5) is 9.12. The summed E-state index contributed by atoms with van der Waals surface area (Å²) in [5.41, 5.74) is 2.34. The maximum absolute atomic E-state index is 9.44. The molecule has 0 bridgehead atoms. The number of nitrogens with zero attached hydrogens (tertiary/aromatic N) is 4. The van der Waals surface area contributed by atoms with Gasteiger partial charge in [-0.1, -0.05) is 18.1 Å². The molecule has 7 nitrogen and oxygen atoms in total. The Morgan fingerprint density at radius 2 is 1.85 bits per heavy atom. The fourth-order valence-corrected chi connectivity index (χ4v) is 3.56. The molecule has 1 N–H and O–H groups in total. The maximum Gasteiger partial charge on any atom is 0.240 e. The lowest BCUT2D eigenvalue weighted by Crippen LogP contribution is -2.50. The topological polar surface area (TPSA) is 74.9 Å². The van der Waals surface area contributed by atoms with Gasteiger partial charge in [-0.3, -0.25) is 9.80 Å². The van der Waals surface area contributed by atoms with Crippen LogP contribution in [0.5, 0.6) is 5.75 Å². The number of benzene rings is 1. The lowest BCUT2D eigenvalue weighted by Gasteiger charge is -2.37. The SMILES string of the molecule is CCC(CO)N1CCN(Cc2nc(COc3cc(C)cc(C)c3)no2)CC1. The number of rotatable bonds is 8. The smallest absolute Gasteiger partial charge is 0.240 e. The number of aromatic nitrogens is 2. The molecule has 0 saturated carbocycles. The van der Waals surface area contributed by atoms with Crippen LogP contribution in [0.3, 0.4) is 0 Å². The maximum atomic E-state index is 9.44. The zero-order chi connectivity index (χ0) is 19.2. The normalized spacial score (nSPS) is 17.2. The van der Waals surface area contributed by atoms with Gasteiger partial charge in [-0.25, -0.2) is 0 Å². The van der Waals surface area contributed by atoms with Crippen LogP contribution in [0.1, 0.15) is 36.2 Å². The molecule has 2 heterocycles. The van der Waals surface area contributed by atoms with E-state index < -0.39 is 0 Å². The summed E-state index contributed by atoms with van der Waals surface area (Å²) >= 11 is 0. The highest BCUT2D eigenvalue weighted by Gasteiger charge is 2.23. The molecule has 1 atom stereocenters. The van der Waals surface area contributed by atoms with E-state index in [1.54, 1.807) is 0 Å². The van der Waals surface area contributed by atoms with Crippen molar-refractivity contribution < 1.29 is 14.4 Å². The first-order chi connectivity index (χ1) is 13.1. The predicted octanol–water partition coefficient (Wildman–Crippen LogP) is 2.15. The molecule has 0 aliphatic carbocycles. The van der Waals surface area contributed by atoms with Gasteiger partial charge in [-0.15, -0.1) is 0 Å². The molecule has 0 spiro atoms. The average Bonchev–Trinajstić information content (AvgIpc) is 3.09. The molecule has 1 fully saturated rings. The zero-order valence-electron chi connectivity index (χ0n) is 16.5. The van der Waals surface area contributed by atoms with Gasteiger partial charge in [0.2, 0.25) is 11.7 Å². The number of aliphatic hydroxyl groups excluding tert-OH is 1. The number of aliphatic hydroxyl groups is 1. The predicted molar refractivity (Wildman–Crippen MR) is 103 cm³/mol. The van der Waals surface area contributed by atoms with Crippen molar-refractivity contribution in [2.24, 2.45) is 0 Å². The second kappa shape index (κ2) is 9.30. The van der Waals surface area contributed by atoms with Crippen LogP contribution in [0.15, 0.2) is 22.7 Å². The number of aryl methyl sites for hydroxylation is 2. The Morgan fingerprint density at radius 3 is 2.48 bits per heavy atom. The summed E-state index contributed by atoms with van der Waals surface area (Å²) in [6.45, 7) is 11.2. The first-order valence-corrected chi connectivity index (χ1v) is 9.67. The van der Waals surface area contributed by atoms with Crippen molar-refractivity contribution in [3.05, 3.63) is 41.0 Å². The van der Waals surface area contributed by atoms with Gasteiger partial charge < -0.3 is 14.4 Å². The van der Waals surface area contributed by atoms with Gasteiger partial charge in [-0.2, -0.15) is 4.98 Å². The Morgan fingerprint density at radius 1 is 1.15 bits per heavy atom. The van der Waals surface area contributed by atoms with Crippen molar-refractivity contribution in [3.8, 4) is 5.75 Å². The van der Waals surface area contributed by atoms with Crippen molar-refractivity contribution in [2.45, 2.75) is 46.4 Å². The first kappa shape index (κ1) is 19.8. The first-order valence-electron chi connectivity index (χ1n) is 9.67. The summed E-state index contributed by atoms with van der Waals surface area (Å²) in [5.74, 6) is 2.01. The van der Waals surface area contributed by atoms with Gasteiger partial charge in [0.1, 0.15) is 5.75 Å². The minimum atomic E-state index is 0.226. The van der Waals surface area contributed by atoms with Crippen molar-refractivity contribution >= 4 is 0 Å². The standard InChI is InChI=1S/C20H30N4O3/c1-4-17(13-25)24-7-5-23(6-8-24)12-20-21-19(22-27-20)14-26-18-10-15(2)9-16(3)11-18/h9-11,17,25H,4-8,12-14H2,1-3H3. The minimum Gasteiger partial charge on any atom is -0.485 e. The van der Waals surface area contributed by atoms with Gasteiger partial charge in [0, 0.05) is 32.2 Å². The van der Waals surface area contributed by atoms with E-state index in [-0.39, 0.29) is 12.6 Å². The molecule has 2 aromatic rings. The Kier molecular flexibility index (Phi) is 6.82. The molecular formula is C20H30N4O3. The number of ether oxygens (including phenoxy) is 1. The highest BCUT2D eigenvalue weighted by molar-refractivity contribution is 5.33. The van der Waals surface area contributed by atoms with E-state index in [1.807, 2.05) is 12.1 Å². The Balaban J connectivity index is 1.47. The van der Waals surface area contributed by atoms with E-state index in [4.69, 9.17) is 9.26 Å². The number of hydrogen-bond acceptors (Lipinski definition) is 7. The minimum absolute atomic E-state index is 0.226. The molecule has 1 unspecified atom stereocenters. The van der Waals surface area contributed by atoms with E-state index in [9.17, 15) is 5.11 Å². The van der Waals surface area contributed by atoms with E-state index in [1.165, 1.54) is 11.1 Å². The van der Waals surface area contributed by atoms with Gasteiger partial charge in [-0.05, 0) is 43.5 Å². The van der Waals surface area contributed by atoms with Gasteiger partial charge in [0.25, 0.3) is 0 Å². The van der Waals surface area contributed by atoms with Crippen molar-refractivity contribution in [2.75, 3.05) is 32.8 Å². The summed E-state index contributed by atoms with van der Waals surface area (Å²) in [6.07, 6.45) is 0.976. The number of hydrogen-bond donors (Lipinski definition) is 1. The Bertz CT molecular complexity index is 702. The third kappa shape index (κ3) is 5.51. The van der Waals surface area contributed by atoms with E-state index in [0.717, 1.165) is 38.3 Å². The van der Waals surface area contributed by atoms with Crippen molar-refractivity contribution in [1.82, 2.24) is 19.9 Å². The van der Waals surface area contributed by atoms with E-state index >= 15 is 0 Å². The second-order valence-corrected chi connectivity index (χ2v) is 7.27. The van der Waals surface area contributed by atoms with Gasteiger partial charge >= 0.3 is 0 Å². The molecule has 1 aromatic carbocycles. The molecular weight excluding hydrogens is 344 g/mol. The Hall–Kier alpha value is -1.96. The summed E-state index contributed by atoms with van der Waals surface area (Å²) < 4.78 is 11.2. The van der Waals surface area contributed by atoms with Crippen molar-refractivity contribution in [3.63, 3.8) is 0 Å². The van der Waals surface area contributed by atoms with Crippen LogP contribution in [-0.4, -0.2) is 63.9 Å². The molecule has 0 amide bonds. The molecule has 27 heavy (non-hydrogen) atoms. The average molecular weight is 374 g/mol. The molecule has 1 aliphatic heterocycles. The summed E-state index contributed by atoms with van der Waals surface area (Å²) in [7, 11) is 0. The van der Waals surface area contributed by atoms with Gasteiger partial charge in [0.15, 0.2) is 6.61 Å². The largest absolute Gasteiger partial charge is 0.485 e. The lowest BCUT2D eigenvalue weighted by molar-refractivity contribution is 0.0568. The van der Waals surface area contributed by atoms with Crippen LogP contribution < -0.4 is 4.74 Å². The summed E-state index contributed by atoms with van der Waals surface area (Å²) in [5, 5.41) is 13.5. The fourth-order valence-electron chi connectivity index (χ4n) is 3.56. The number of piperazine rings is 1. The quantitative estimate of drug-likeness (QED) is 0.759. The van der Waals surface area contributed by atoms with Crippen LogP contribution in [0.2, 0.25) is 0 Å². The molecule has 148 valence electrons. The van der Waals surface area contributed by atoms with Crippen LogP contribution in [0, 0.1) is 13.8 Å². The molecule has 1 aliphatic rings. The second-order valence-electron chi connectivity index (χ2n) is 7.27. The highest BCUT2D eigenvalue weighted by atomic mass is 16.5. The van der Waals surface area contributed by atoms with Crippen LogP contribution >= 0.6 is 0 Å². The van der Waals surface area contributed by atoms with Crippen molar-refractivity contribution in [1.29, 1.82) is 0 Å². The van der Waals surface area contributed by atoms with Crippen LogP contribution in [0.25, 0.3) is 0 Å². The van der Waals surface area contributed by atoms with Crippen LogP contribution in [-0.2, 0) is 13.2 Å². The van der Waals surface area contributed by atoms with E-state index in [2.05, 4.69) is 46.8 Å². The monoisotopic (exact) mass is 374 g/mol.